The molecular formula is C15H29N3. The number of likely N-dealkylation sites (N-methyl/N-ethyl adjacent to an activating group) is 1. The van der Waals surface area contributed by atoms with E-state index >= 15 is 0 Å². The third-order valence-corrected chi connectivity index (χ3v) is 3.55. The van der Waals surface area contributed by atoms with Gasteiger partial charge < -0.3 is 5.32 Å². The first-order valence-corrected chi connectivity index (χ1v) is 7.41. The first-order chi connectivity index (χ1) is 8.71. The van der Waals surface area contributed by atoms with Crippen molar-refractivity contribution < 1.29 is 0 Å². The Hall–Kier alpha value is -0.830. The molecule has 0 aliphatic rings. The SMILES string of the molecule is CCCCCCC(Cc1cc(C)nn1CC)NC. The summed E-state index contributed by atoms with van der Waals surface area (Å²) in [6.07, 6.45) is 7.73. The van der Waals surface area contributed by atoms with E-state index in [1.54, 1.807) is 0 Å². The summed E-state index contributed by atoms with van der Waals surface area (Å²) < 4.78 is 2.13. The van der Waals surface area contributed by atoms with E-state index in [0.29, 0.717) is 6.04 Å². The number of aryl methyl sites for hydroxylation is 2. The highest BCUT2D eigenvalue weighted by Crippen LogP contribution is 2.12. The van der Waals surface area contributed by atoms with Crippen molar-refractivity contribution in [3.8, 4) is 0 Å². The van der Waals surface area contributed by atoms with Crippen molar-refractivity contribution in [1.82, 2.24) is 15.1 Å². The summed E-state index contributed by atoms with van der Waals surface area (Å²) in [4.78, 5) is 0. The second-order valence-corrected chi connectivity index (χ2v) is 5.13. The fourth-order valence-electron chi connectivity index (χ4n) is 2.46. The highest BCUT2D eigenvalue weighted by atomic mass is 15.3. The summed E-state index contributed by atoms with van der Waals surface area (Å²) in [5, 5.41) is 7.96. The van der Waals surface area contributed by atoms with Crippen LogP contribution in [0, 0.1) is 6.92 Å². The number of hydrogen-bond acceptors (Lipinski definition) is 2. The van der Waals surface area contributed by atoms with Gasteiger partial charge in [0.1, 0.15) is 0 Å². The van der Waals surface area contributed by atoms with Crippen LogP contribution < -0.4 is 5.32 Å². The summed E-state index contributed by atoms with van der Waals surface area (Å²) in [6.45, 7) is 7.46. The maximum atomic E-state index is 4.52. The third-order valence-electron chi connectivity index (χ3n) is 3.55. The second kappa shape index (κ2) is 8.30. The molecule has 3 nitrogen and oxygen atoms in total. The minimum atomic E-state index is 0.586. The van der Waals surface area contributed by atoms with Crippen LogP contribution in [-0.4, -0.2) is 22.9 Å². The van der Waals surface area contributed by atoms with E-state index in [1.807, 2.05) is 0 Å². The Bertz CT molecular complexity index is 330. The molecule has 0 spiro atoms. The minimum Gasteiger partial charge on any atom is -0.317 e. The Labute approximate surface area is 112 Å². The molecule has 0 saturated carbocycles. The number of nitrogens with zero attached hydrogens (tertiary/aromatic N) is 2. The lowest BCUT2D eigenvalue weighted by Crippen LogP contribution is -2.28. The maximum absolute atomic E-state index is 4.52. The summed E-state index contributed by atoms with van der Waals surface area (Å²) >= 11 is 0. The number of hydrogen-bond donors (Lipinski definition) is 1. The lowest BCUT2D eigenvalue weighted by atomic mass is 10.0. The summed E-state index contributed by atoms with van der Waals surface area (Å²) in [5.41, 5.74) is 2.50. The lowest BCUT2D eigenvalue weighted by Gasteiger charge is -2.16. The average Bonchev–Trinajstić information content (AvgIpc) is 2.73. The molecule has 1 atom stereocenters. The van der Waals surface area contributed by atoms with Gasteiger partial charge in [-0.15, -0.1) is 0 Å². The van der Waals surface area contributed by atoms with Crippen molar-refractivity contribution >= 4 is 0 Å². The number of aromatic nitrogens is 2. The fourth-order valence-corrected chi connectivity index (χ4v) is 2.46. The van der Waals surface area contributed by atoms with Crippen LogP contribution in [-0.2, 0) is 13.0 Å². The van der Waals surface area contributed by atoms with E-state index in [2.05, 4.69) is 49.0 Å². The highest BCUT2D eigenvalue weighted by Gasteiger charge is 2.11. The first kappa shape index (κ1) is 15.2. The van der Waals surface area contributed by atoms with E-state index in [-0.39, 0.29) is 0 Å². The van der Waals surface area contributed by atoms with Gasteiger partial charge in [-0.1, -0.05) is 32.6 Å². The molecule has 0 radical (unpaired) electrons. The Morgan fingerprint density at radius 1 is 1.28 bits per heavy atom. The van der Waals surface area contributed by atoms with Crippen LogP contribution in [0.4, 0.5) is 0 Å². The molecular weight excluding hydrogens is 222 g/mol. The topological polar surface area (TPSA) is 29.9 Å². The highest BCUT2D eigenvalue weighted by molar-refractivity contribution is 5.10. The van der Waals surface area contributed by atoms with Gasteiger partial charge in [-0.2, -0.15) is 5.10 Å². The molecule has 0 saturated heterocycles. The molecule has 0 fully saturated rings. The Balaban J connectivity index is 2.46. The zero-order chi connectivity index (χ0) is 13.4. The molecule has 0 aliphatic heterocycles. The zero-order valence-corrected chi connectivity index (χ0v) is 12.5. The standard InChI is InChI=1S/C15H29N3/c1-5-7-8-9-10-14(16-4)12-15-11-13(3)17-18(15)6-2/h11,14,16H,5-10,12H2,1-4H3. The van der Waals surface area contributed by atoms with Crippen molar-refractivity contribution in [2.45, 2.75) is 71.9 Å². The number of unbranched alkanes of at least 4 members (excludes halogenated alkanes) is 3. The Morgan fingerprint density at radius 3 is 2.67 bits per heavy atom. The van der Waals surface area contributed by atoms with Crippen molar-refractivity contribution in [2.75, 3.05) is 7.05 Å². The van der Waals surface area contributed by atoms with Gasteiger partial charge in [-0.25, -0.2) is 0 Å². The molecule has 0 aliphatic carbocycles. The number of nitrogens with one attached hydrogen (secondary N) is 1. The van der Waals surface area contributed by atoms with Crippen molar-refractivity contribution in [3.63, 3.8) is 0 Å². The largest absolute Gasteiger partial charge is 0.317 e. The molecule has 0 bridgehead atoms. The molecule has 3 heteroatoms. The molecule has 1 unspecified atom stereocenters. The zero-order valence-electron chi connectivity index (χ0n) is 12.5. The van der Waals surface area contributed by atoms with Crippen LogP contribution in [0.5, 0.6) is 0 Å². The van der Waals surface area contributed by atoms with E-state index in [1.165, 1.54) is 37.8 Å². The van der Waals surface area contributed by atoms with E-state index < -0.39 is 0 Å². The molecule has 1 heterocycles. The van der Waals surface area contributed by atoms with Crippen LogP contribution in [0.1, 0.15) is 57.3 Å². The van der Waals surface area contributed by atoms with Crippen LogP contribution >= 0.6 is 0 Å². The quantitative estimate of drug-likeness (QED) is 0.682. The lowest BCUT2D eigenvalue weighted by molar-refractivity contribution is 0.468. The molecule has 0 aromatic carbocycles. The second-order valence-electron chi connectivity index (χ2n) is 5.13. The molecule has 1 aromatic rings. The van der Waals surface area contributed by atoms with Gasteiger partial charge in [0.15, 0.2) is 0 Å². The van der Waals surface area contributed by atoms with Gasteiger partial charge in [0, 0.05) is 24.7 Å². The first-order valence-electron chi connectivity index (χ1n) is 7.41. The predicted octanol–water partition coefficient (Wildman–Crippen LogP) is 3.31. The van der Waals surface area contributed by atoms with Crippen molar-refractivity contribution in [3.05, 3.63) is 17.5 Å². The van der Waals surface area contributed by atoms with E-state index in [4.69, 9.17) is 0 Å². The smallest absolute Gasteiger partial charge is 0.0596 e. The molecule has 1 aromatic heterocycles. The number of rotatable bonds is 9. The van der Waals surface area contributed by atoms with Gasteiger partial charge in [0.25, 0.3) is 0 Å². The van der Waals surface area contributed by atoms with Gasteiger partial charge in [0.2, 0.25) is 0 Å². The summed E-state index contributed by atoms with van der Waals surface area (Å²) in [7, 11) is 2.07. The van der Waals surface area contributed by atoms with E-state index in [9.17, 15) is 0 Å². The third kappa shape index (κ3) is 4.81. The van der Waals surface area contributed by atoms with Crippen molar-refractivity contribution in [2.24, 2.45) is 0 Å². The molecule has 1 rings (SSSR count). The average molecular weight is 251 g/mol. The molecule has 1 N–H and O–H groups in total. The fraction of sp³-hybridized carbons (Fsp3) is 0.800. The van der Waals surface area contributed by atoms with Crippen LogP contribution in [0.2, 0.25) is 0 Å². The van der Waals surface area contributed by atoms with Crippen molar-refractivity contribution in [1.29, 1.82) is 0 Å². The van der Waals surface area contributed by atoms with Crippen LogP contribution in [0.15, 0.2) is 6.07 Å². The molecule has 18 heavy (non-hydrogen) atoms. The van der Waals surface area contributed by atoms with Crippen LogP contribution in [0.25, 0.3) is 0 Å². The normalized spacial score (nSPS) is 12.9. The monoisotopic (exact) mass is 251 g/mol. The minimum absolute atomic E-state index is 0.586. The Kier molecular flexibility index (Phi) is 7.02. The summed E-state index contributed by atoms with van der Waals surface area (Å²) in [5.74, 6) is 0. The molecule has 0 amide bonds. The maximum Gasteiger partial charge on any atom is 0.0596 e. The Morgan fingerprint density at radius 2 is 2.06 bits per heavy atom. The van der Waals surface area contributed by atoms with E-state index in [0.717, 1.165) is 18.7 Å². The predicted molar refractivity (Wildman–Crippen MR) is 77.9 cm³/mol. The van der Waals surface area contributed by atoms with Gasteiger partial charge in [-0.05, 0) is 33.4 Å². The van der Waals surface area contributed by atoms with Crippen LogP contribution in [0.3, 0.4) is 0 Å². The van der Waals surface area contributed by atoms with Gasteiger partial charge in [0.05, 0.1) is 5.69 Å². The molecule has 104 valence electrons. The van der Waals surface area contributed by atoms with Gasteiger partial charge >= 0.3 is 0 Å². The van der Waals surface area contributed by atoms with Gasteiger partial charge in [-0.3, -0.25) is 4.68 Å². The summed E-state index contributed by atoms with van der Waals surface area (Å²) in [6, 6.07) is 2.81.